The summed E-state index contributed by atoms with van der Waals surface area (Å²) in [7, 11) is 5.93. The lowest BCUT2D eigenvalue weighted by molar-refractivity contribution is 0.468. The summed E-state index contributed by atoms with van der Waals surface area (Å²) in [5.41, 5.74) is 0. The number of nitrogens with zero attached hydrogens (tertiary/aromatic N) is 8. The molecule has 3 rings (SSSR count). The Morgan fingerprint density at radius 1 is 1.12 bits per heavy atom. The Labute approximate surface area is 143 Å². The van der Waals surface area contributed by atoms with E-state index in [1.807, 2.05) is 30.6 Å². The Morgan fingerprint density at radius 3 is 2.38 bits per heavy atom. The summed E-state index contributed by atoms with van der Waals surface area (Å²) in [6, 6.07) is 0. The molecule has 0 amide bonds. The molecule has 0 unspecified atom stereocenters. The van der Waals surface area contributed by atoms with Crippen molar-refractivity contribution in [2.45, 2.75) is 38.5 Å². The first-order valence-corrected chi connectivity index (χ1v) is 8.48. The molecule has 0 aromatic carbocycles. The third-order valence-electron chi connectivity index (χ3n) is 4.43. The quantitative estimate of drug-likeness (QED) is 0.842. The van der Waals surface area contributed by atoms with Crippen LogP contribution in [0.1, 0.15) is 50.2 Å². The highest BCUT2D eigenvalue weighted by molar-refractivity contribution is 5.39. The minimum Gasteiger partial charge on any atom is -0.347 e. The lowest BCUT2D eigenvalue weighted by Crippen LogP contribution is -2.35. The van der Waals surface area contributed by atoms with Gasteiger partial charge in [0.2, 0.25) is 11.9 Å². The van der Waals surface area contributed by atoms with Gasteiger partial charge >= 0.3 is 0 Å². The van der Waals surface area contributed by atoms with Crippen molar-refractivity contribution in [1.29, 1.82) is 0 Å². The molecule has 0 bridgehead atoms. The van der Waals surface area contributed by atoms with Gasteiger partial charge in [-0.1, -0.05) is 13.8 Å². The third-order valence-corrected chi connectivity index (χ3v) is 4.43. The van der Waals surface area contributed by atoms with Crippen LogP contribution in [0.4, 0.5) is 11.9 Å². The molecule has 130 valence electrons. The fourth-order valence-electron chi connectivity index (χ4n) is 2.97. The lowest BCUT2D eigenvalue weighted by atomic mass is 9.96. The molecule has 3 heterocycles. The third kappa shape index (κ3) is 3.32. The van der Waals surface area contributed by atoms with Gasteiger partial charge in [0, 0.05) is 46.1 Å². The number of anilines is 2. The fraction of sp³-hybridized carbons (Fsp3) is 0.688. The molecular formula is C16H26N8. The van der Waals surface area contributed by atoms with Crippen molar-refractivity contribution in [3.8, 4) is 0 Å². The summed E-state index contributed by atoms with van der Waals surface area (Å²) in [6.45, 7) is 6.07. The highest BCUT2D eigenvalue weighted by Gasteiger charge is 2.26. The van der Waals surface area contributed by atoms with E-state index in [9.17, 15) is 0 Å². The molecule has 0 saturated carbocycles. The molecular weight excluding hydrogens is 304 g/mol. The van der Waals surface area contributed by atoms with Gasteiger partial charge in [0.15, 0.2) is 0 Å². The van der Waals surface area contributed by atoms with Crippen LogP contribution in [0.3, 0.4) is 0 Å². The van der Waals surface area contributed by atoms with Crippen LogP contribution in [0.15, 0.2) is 6.33 Å². The molecule has 2 aromatic heterocycles. The van der Waals surface area contributed by atoms with E-state index in [1.54, 1.807) is 6.33 Å². The summed E-state index contributed by atoms with van der Waals surface area (Å²) in [5, 5.41) is 8.26. The Kier molecular flexibility index (Phi) is 4.64. The average molecular weight is 330 g/mol. The van der Waals surface area contributed by atoms with E-state index in [-0.39, 0.29) is 5.92 Å². The molecule has 8 heteroatoms. The van der Waals surface area contributed by atoms with E-state index in [1.165, 1.54) is 0 Å². The van der Waals surface area contributed by atoms with Crippen LogP contribution in [-0.2, 0) is 7.05 Å². The largest absolute Gasteiger partial charge is 0.347 e. The molecule has 0 spiro atoms. The summed E-state index contributed by atoms with van der Waals surface area (Å²) in [4.78, 5) is 18.1. The molecule has 0 N–H and O–H groups in total. The average Bonchev–Trinajstić information content (AvgIpc) is 3.00. The van der Waals surface area contributed by atoms with Gasteiger partial charge in [0.1, 0.15) is 18.0 Å². The minimum atomic E-state index is 0.279. The van der Waals surface area contributed by atoms with Gasteiger partial charge in [-0.05, 0) is 12.8 Å². The number of aryl methyl sites for hydroxylation is 1. The van der Waals surface area contributed by atoms with Gasteiger partial charge in [-0.25, -0.2) is 0 Å². The smallest absolute Gasteiger partial charge is 0.230 e. The predicted octanol–water partition coefficient (Wildman–Crippen LogP) is 1.57. The molecule has 2 aromatic rings. The number of hydrogen-bond donors (Lipinski definition) is 0. The molecule has 1 aliphatic heterocycles. The summed E-state index contributed by atoms with van der Waals surface area (Å²) < 4.78 is 2.02. The first-order valence-electron chi connectivity index (χ1n) is 8.48. The van der Waals surface area contributed by atoms with E-state index < -0.39 is 0 Å². The summed E-state index contributed by atoms with van der Waals surface area (Å²) >= 11 is 0. The maximum atomic E-state index is 4.69. The van der Waals surface area contributed by atoms with E-state index in [4.69, 9.17) is 0 Å². The standard InChI is InChI=1S/C16H26N8/c1-11(2)13-18-15(22(3)4)20-16(19-13)24-8-6-12(7-9-24)14-21-17-10-23(14)5/h10-12H,6-9H2,1-5H3. The van der Waals surface area contributed by atoms with Crippen LogP contribution in [0.5, 0.6) is 0 Å². The van der Waals surface area contributed by atoms with Crippen LogP contribution >= 0.6 is 0 Å². The fourth-order valence-corrected chi connectivity index (χ4v) is 2.97. The number of aromatic nitrogens is 6. The molecule has 24 heavy (non-hydrogen) atoms. The van der Waals surface area contributed by atoms with Gasteiger partial charge in [0.05, 0.1) is 0 Å². The second-order valence-corrected chi connectivity index (χ2v) is 6.90. The predicted molar refractivity (Wildman–Crippen MR) is 93.4 cm³/mol. The van der Waals surface area contributed by atoms with Crippen molar-refractivity contribution in [3.05, 3.63) is 18.0 Å². The second kappa shape index (κ2) is 6.70. The zero-order valence-corrected chi connectivity index (χ0v) is 15.1. The van der Waals surface area contributed by atoms with Crippen LogP contribution in [0.2, 0.25) is 0 Å². The van der Waals surface area contributed by atoms with Gasteiger partial charge in [-0.2, -0.15) is 15.0 Å². The van der Waals surface area contributed by atoms with Gasteiger partial charge in [0.25, 0.3) is 0 Å². The van der Waals surface area contributed by atoms with Gasteiger partial charge in [-0.15, -0.1) is 10.2 Å². The molecule has 1 fully saturated rings. The van der Waals surface area contributed by atoms with E-state index >= 15 is 0 Å². The Bertz CT molecular complexity index is 659. The molecule has 0 radical (unpaired) electrons. The highest BCUT2D eigenvalue weighted by Crippen LogP contribution is 2.28. The minimum absolute atomic E-state index is 0.279. The maximum absolute atomic E-state index is 4.69. The van der Waals surface area contributed by atoms with Crippen molar-refractivity contribution in [2.24, 2.45) is 7.05 Å². The molecule has 1 saturated heterocycles. The number of hydrogen-bond acceptors (Lipinski definition) is 7. The zero-order chi connectivity index (χ0) is 17.3. The molecule has 1 aliphatic rings. The normalized spacial score (nSPS) is 16.0. The summed E-state index contributed by atoms with van der Waals surface area (Å²) in [6.07, 6.45) is 3.84. The second-order valence-electron chi connectivity index (χ2n) is 6.90. The highest BCUT2D eigenvalue weighted by atomic mass is 15.3. The maximum Gasteiger partial charge on any atom is 0.230 e. The van der Waals surface area contributed by atoms with E-state index in [2.05, 4.69) is 43.9 Å². The number of rotatable bonds is 4. The first kappa shape index (κ1) is 16.6. The van der Waals surface area contributed by atoms with Crippen molar-refractivity contribution >= 4 is 11.9 Å². The molecule has 8 nitrogen and oxygen atoms in total. The lowest BCUT2D eigenvalue weighted by Gasteiger charge is -2.32. The van der Waals surface area contributed by atoms with Crippen molar-refractivity contribution in [3.63, 3.8) is 0 Å². The van der Waals surface area contributed by atoms with Gasteiger partial charge < -0.3 is 14.4 Å². The summed E-state index contributed by atoms with van der Waals surface area (Å²) in [5.74, 6) is 4.16. The number of piperidine rings is 1. The molecule has 0 aliphatic carbocycles. The van der Waals surface area contributed by atoms with Crippen molar-refractivity contribution < 1.29 is 0 Å². The van der Waals surface area contributed by atoms with Crippen LogP contribution in [0.25, 0.3) is 0 Å². The van der Waals surface area contributed by atoms with Crippen molar-refractivity contribution in [2.75, 3.05) is 37.0 Å². The van der Waals surface area contributed by atoms with E-state index in [0.717, 1.165) is 49.5 Å². The van der Waals surface area contributed by atoms with Crippen LogP contribution in [0, 0.1) is 0 Å². The van der Waals surface area contributed by atoms with E-state index in [0.29, 0.717) is 5.92 Å². The van der Waals surface area contributed by atoms with Gasteiger partial charge in [-0.3, -0.25) is 0 Å². The zero-order valence-electron chi connectivity index (χ0n) is 15.1. The Morgan fingerprint density at radius 2 is 1.83 bits per heavy atom. The van der Waals surface area contributed by atoms with Crippen molar-refractivity contribution in [1.82, 2.24) is 29.7 Å². The van der Waals surface area contributed by atoms with Crippen LogP contribution in [-0.4, -0.2) is 56.9 Å². The molecule has 0 atom stereocenters. The Hall–Kier alpha value is -2.25. The Balaban J connectivity index is 1.77. The van der Waals surface area contributed by atoms with Crippen LogP contribution < -0.4 is 9.80 Å². The first-order chi connectivity index (χ1) is 11.5. The SMILES string of the molecule is CC(C)c1nc(N(C)C)nc(N2CCC(c3nncn3C)CC2)n1. The monoisotopic (exact) mass is 330 g/mol. The topological polar surface area (TPSA) is 75.9 Å².